The van der Waals surface area contributed by atoms with E-state index in [1.165, 1.54) is 38.6 Å². The quantitative estimate of drug-likeness (QED) is 0.888. The molecule has 5 nitrogen and oxygen atoms in total. The fourth-order valence-corrected chi connectivity index (χ4v) is 5.39. The van der Waals surface area contributed by atoms with Gasteiger partial charge >= 0.3 is 0 Å². The first-order valence-corrected chi connectivity index (χ1v) is 10.9. The van der Waals surface area contributed by atoms with E-state index in [2.05, 4.69) is 14.8 Å². The van der Waals surface area contributed by atoms with Gasteiger partial charge in [0.15, 0.2) is 0 Å². The molecule has 3 aliphatic rings. The van der Waals surface area contributed by atoms with Crippen molar-refractivity contribution in [3.05, 3.63) is 34.2 Å². The highest BCUT2D eigenvalue weighted by atomic mass is 16.2. The fourth-order valence-electron chi connectivity index (χ4n) is 5.39. The first-order chi connectivity index (χ1) is 13.2. The van der Waals surface area contributed by atoms with E-state index in [4.69, 9.17) is 0 Å². The number of amides is 1. The normalized spacial score (nSPS) is 26.2. The van der Waals surface area contributed by atoms with Crippen molar-refractivity contribution in [3.8, 4) is 0 Å². The second kappa shape index (κ2) is 8.59. The average Bonchev–Trinajstić information content (AvgIpc) is 2.74. The lowest BCUT2D eigenvalue weighted by Crippen LogP contribution is -2.49. The molecule has 0 aromatic carbocycles. The minimum atomic E-state index is -0.0315. The number of pyridine rings is 1. The monoisotopic (exact) mass is 371 g/mol. The molecular formula is C22H33N3O2. The Labute approximate surface area is 162 Å². The lowest BCUT2D eigenvalue weighted by molar-refractivity contribution is -0.138. The Balaban J connectivity index is 1.31. The maximum atomic E-state index is 13.1. The third kappa shape index (κ3) is 4.45. The molecule has 0 bridgehead atoms. The number of H-pyrrole nitrogens is 1. The van der Waals surface area contributed by atoms with Crippen LogP contribution in [0.25, 0.3) is 0 Å². The molecule has 3 heterocycles. The summed E-state index contributed by atoms with van der Waals surface area (Å²) in [4.78, 5) is 32.1. The van der Waals surface area contributed by atoms with Crippen LogP contribution in [0, 0.1) is 5.92 Å². The third-order valence-corrected chi connectivity index (χ3v) is 6.97. The van der Waals surface area contributed by atoms with Crippen LogP contribution in [0.5, 0.6) is 0 Å². The zero-order valence-corrected chi connectivity index (χ0v) is 16.4. The summed E-state index contributed by atoms with van der Waals surface area (Å²) in [5.74, 6) is 0.970. The van der Waals surface area contributed by atoms with Gasteiger partial charge in [-0.05, 0) is 62.6 Å². The highest BCUT2D eigenvalue weighted by Gasteiger charge is 2.34. The van der Waals surface area contributed by atoms with Crippen molar-refractivity contribution in [3.63, 3.8) is 0 Å². The zero-order chi connectivity index (χ0) is 18.6. The third-order valence-electron chi connectivity index (χ3n) is 6.97. The van der Waals surface area contributed by atoms with Gasteiger partial charge in [0.1, 0.15) is 0 Å². The number of likely N-dealkylation sites (tertiary alicyclic amines) is 2. The maximum absolute atomic E-state index is 13.1. The number of carbonyl (C=O) groups is 1. The van der Waals surface area contributed by atoms with Crippen LogP contribution in [-0.2, 0) is 4.79 Å². The summed E-state index contributed by atoms with van der Waals surface area (Å²) >= 11 is 0. The van der Waals surface area contributed by atoms with Crippen LogP contribution in [0.2, 0.25) is 0 Å². The van der Waals surface area contributed by atoms with Crippen molar-refractivity contribution in [1.29, 1.82) is 0 Å². The van der Waals surface area contributed by atoms with Crippen LogP contribution in [0.3, 0.4) is 0 Å². The van der Waals surface area contributed by atoms with Crippen molar-refractivity contribution in [1.82, 2.24) is 14.8 Å². The van der Waals surface area contributed by atoms with Crippen molar-refractivity contribution in [2.45, 2.75) is 69.7 Å². The lowest BCUT2D eigenvalue weighted by Gasteiger charge is -2.41. The highest BCUT2D eigenvalue weighted by molar-refractivity contribution is 5.79. The maximum Gasteiger partial charge on any atom is 0.248 e. The first-order valence-electron chi connectivity index (χ1n) is 10.9. The van der Waals surface area contributed by atoms with Gasteiger partial charge in [0.05, 0.1) is 5.92 Å². The summed E-state index contributed by atoms with van der Waals surface area (Å²) in [6.45, 7) is 3.81. The predicted octanol–water partition coefficient (Wildman–Crippen LogP) is 3.13. The highest BCUT2D eigenvalue weighted by Crippen LogP contribution is 2.31. The van der Waals surface area contributed by atoms with Gasteiger partial charge < -0.3 is 9.88 Å². The van der Waals surface area contributed by atoms with Gasteiger partial charge in [0.2, 0.25) is 11.5 Å². The Morgan fingerprint density at radius 1 is 0.963 bits per heavy atom. The fraction of sp³-hybridized carbons (Fsp3) is 0.727. The standard InChI is InChI=1S/C22H33N3O2/c26-21-15-18(8-11-23-21)17-9-13-24(14-10-17)22(27)19-5-4-12-25(16-19)20-6-2-1-3-7-20/h8,11,15,17,19-20H,1-7,9-10,12-14,16H2,(H,23,26). The SMILES string of the molecule is O=C(C1CCCN(C2CCCCC2)C1)N1CCC(c2cc[nH]c(=O)c2)CC1. The molecule has 1 amide bonds. The summed E-state index contributed by atoms with van der Waals surface area (Å²) < 4.78 is 0. The van der Waals surface area contributed by atoms with Gasteiger partial charge in [-0.1, -0.05) is 19.3 Å². The van der Waals surface area contributed by atoms with Crippen molar-refractivity contribution < 1.29 is 4.79 Å². The molecule has 1 aromatic heterocycles. The molecule has 1 atom stereocenters. The molecule has 0 spiro atoms. The largest absolute Gasteiger partial charge is 0.342 e. The molecule has 148 valence electrons. The summed E-state index contributed by atoms with van der Waals surface area (Å²) in [5.41, 5.74) is 1.09. The van der Waals surface area contributed by atoms with Crippen LogP contribution < -0.4 is 5.56 Å². The summed E-state index contributed by atoms with van der Waals surface area (Å²) in [7, 11) is 0. The number of nitrogens with zero attached hydrogens (tertiary/aromatic N) is 2. The van der Waals surface area contributed by atoms with Crippen molar-refractivity contribution in [2.75, 3.05) is 26.2 Å². The van der Waals surface area contributed by atoms with Gasteiger partial charge in [-0.15, -0.1) is 0 Å². The number of aromatic amines is 1. The van der Waals surface area contributed by atoms with Crippen LogP contribution >= 0.6 is 0 Å². The Morgan fingerprint density at radius 2 is 1.74 bits per heavy atom. The number of nitrogens with one attached hydrogen (secondary N) is 1. The van der Waals surface area contributed by atoms with Crippen LogP contribution in [0.4, 0.5) is 0 Å². The smallest absolute Gasteiger partial charge is 0.248 e. The predicted molar refractivity (Wildman–Crippen MR) is 107 cm³/mol. The number of hydrogen-bond donors (Lipinski definition) is 1. The van der Waals surface area contributed by atoms with Crippen LogP contribution in [0.1, 0.15) is 69.3 Å². The lowest BCUT2D eigenvalue weighted by atomic mass is 9.87. The zero-order valence-electron chi connectivity index (χ0n) is 16.4. The van der Waals surface area contributed by atoms with E-state index in [1.807, 2.05) is 6.07 Å². The van der Waals surface area contributed by atoms with E-state index < -0.39 is 0 Å². The van der Waals surface area contributed by atoms with Gasteiger partial charge in [0.25, 0.3) is 0 Å². The van der Waals surface area contributed by atoms with E-state index >= 15 is 0 Å². The number of carbonyl (C=O) groups excluding carboxylic acids is 1. The molecule has 1 unspecified atom stereocenters. The Kier molecular flexibility index (Phi) is 5.96. The van der Waals surface area contributed by atoms with Gasteiger partial charge in [-0.3, -0.25) is 14.5 Å². The Hall–Kier alpha value is -1.62. The molecule has 1 N–H and O–H groups in total. The summed E-state index contributed by atoms with van der Waals surface area (Å²) in [6.07, 6.45) is 12.6. The molecule has 2 saturated heterocycles. The van der Waals surface area contributed by atoms with Gasteiger partial charge in [-0.25, -0.2) is 0 Å². The average molecular weight is 372 g/mol. The van der Waals surface area contributed by atoms with Crippen LogP contribution in [0.15, 0.2) is 23.1 Å². The molecule has 3 fully saturated rings. The van der Waals surface area contributed by atoms with E-state index in [-0.39, 0.29) is 11.5 Å². The number of hydrogen-bond acceptors (Lipinski definition) is 3. The summed E-state index contributed by atoms with van der Waals surface area (Å²) in [6, 6.07) is 4.44. The number of piperidine rings is 2. The Morgan fingerprint density at radius 3 is 2.48 bits per heavy atom. The van der Waals surface area contributed by atoms with Gasteiger partial charge in [-0.2, -0.15) is 0 Å². The molecule has 2 aliphatic heterocycles. The van der Waals surface area contributed by atoms with E-state index in [9.17, 15) is 9.59 Å². The second-order valence-corrected chi connectivity index (χ2v) is 8.71. The molecule has 1 aromatic rings. The van der Waals surface area contributed by atoms with E-state index in [0.29, 0.717) is 11.8 Å². The number of aromatic nitrogens is 1. The molecule has 0 radical (unpaired) electrons. The molecule has 1 aliphatic carbocycles. The molecule has 27 heavy (non-hydrogen) atoms. The topological polar surface area (TPSA) is 56.4 Å². The van der Waals surface area contributed by atoms with E-state index in [1.54, 1.807) is 12.3 Å². The minimum absolute atomic E-state index is 0.0315. The minimum Gasteiger partial charge on any atom is -0.342 e. The van der Waals surface area contributed by atoms with Crippen LogP contribution in [-0.4, -0.2) is 52.9 Å². The molecule has 5 heteroatoms. The van der Waals surface area contributed by atoms with Gasteiger partial charge in [0, 0.05) is 37.9 Å². The molecule has 4 rings (SSSR count). The van der Waals surface area contributed by atoms with Crippen molar-refractivity contribution in [2.24, 2.45) is 5.92 Å². The van der Waals surface area contributed by atoms with Crippen molar-refractivity contribution >= 4 is 5.91 Å². The second-order valence-electron chi connectivity index (χ2n) is 8.71. The number of rotatable bonds is 3. The Bertz CT molecular complexity index is 687. The molecular weight excluding hydrogens is 338 g/mol. The van der Waals surface area contributed by atoms with E-state index in [0.717, 1.165) is 56.9 Å². The summed E-state index contributed by atoms with van der Waals surface area (Å²) in [5, 5.41) is 0. The molecule has 1 saturated carbocycles. The first kappa shape index (κ1) is 18.7.